The number of ketones is 1. The van der Waals surface area contributed by atoms with Gasteiger partial charge in [0.15, 0.2) is 5.78 Å². The Hall–Kier alpha value is -2.62. The summed E-state index contributed by atoms with van der Waals surface area (Å²) in [5, 5.41) is 8.59. The van der Waals surface area contributed by atoms with Crippen LogP contribution in [0.5, 0.6) is 5.75 Å². The maximum atomic E-state index is 12.0. The lowest BCUT2D eigenvalue weighted by molar-refractivity contribution is -0.137. The van der Waals surface area contributed by atoms with Crippen molar-refractivity contribution in [1.82, 2.24) is 0 Å². The molecule has 0 unspecified atom stereocenters. The lowest BCUT2D eigenvalue weighted by atomic mass is 10.1. The zero-order valence-electron chi connectivity index (χ0n) is 12.2. The third kappa shape index (κ3) is 5.05. The minimum atomic E-state index is -0.882. The quantitative estimate of drug-likeness (QED) is 0.755. The fourth-order valence-electron chi connectivity index (χ4n) is 2.04. The van der Waals surface area contributed by atoms with Crippen molar-refractivity contribution in [2.24, 2.45) is 0 Å². The molecular weight excluding hydrogens is 280 g/mol. The molecule has 0 aromatic heterocycles. The smallest absolute Gasteiger partial charge is 0.303 e. The molecule has 0 radical (unpaired) electrons. The van der Waals surface area contributed by atoms with Crippen LogP contribution in [0.25, 0.3) is 0 Å². The molecule has 4 heteroatoms. The van der Waals surface area contributed by atoms with E-state index in [1.807, 2.05) is 30.3 Å². The van der Waals surface area contributed by atoms with Gasteiger partial charge in [0.2, 0.25) is 0 Å². The fraction of sp³-hybridized carbons (Fsp3) is 0.222. The van der Waals surface area contributed by atoms with E-state index in [-0.39, 0.29) is 18.6 Å². The van der Waals surface area contributed by atoms with E-state index in [0.29, 0.717) is 24.3 Å². The monoisotopic (exact) mass is 298 g/mol. The van der Waals surface area contributed by atoms with Crippen LogP contribution in [0.3, 0.4) is 0 Å². The Bertz CT molecular complexity index is 635. The summed E-state index contributed by atoms with van der Waals surface area (Å²) in [6.07, 6.45) is 0.591. The first kappa shape index (κ1) is 15.8. The molecule has 2 aromatic carbocycles. The molecule has 0 saturated carbocycles. The zero-order valence-corrected chi connectivity index (χ0v) is 12.2. The summed E-state index contributed by atoms with van der Waals surface area (Å²) in [6.45, 7) is 0.442. The van der Waals surface area contributed by atoms with Gasteiger partial charge < -0.3 is 9.84 Å². The Morgan fingerprint density at radius 1 is 0.955 bits per heavy atom. The number of ether oxygens (including phenoxy) is 1. The summed E-state index contributed by atoms with van der Waals surface area (Å²) in [5.41, 5.74) is 1.61. The Labute approximate surface area is 129 Å². The fourth-order valence-corrected chi connectivity index (χ4v) is 2.04. The minimum Gasteiger partial charge on any atom is -0.489 e. The second-order valence-electron chi connectivity index (χ2n) is 4.97. The third-order valence-corrected chi connectivity index (χ3v) is 3.20. The van der Waals surface area contributed by atoms with E-state index in [0.717, 1.165) is 5.56 Å². The summed E-state index contributed by atoms with van der Waals surface area (Å²) >= 11 is 0. The molecule has 0 bridgehead atoms. The Balaban J connectivity index is 1.91. The molecule has 0 aliphatic heterocycles. The van der Waals surface area contributed by atoms with Crippen LogP contribution in [-0.2, 0) is 11.4 Å². The number of carboxylic acids is 1. The summed E-state index contributed by atoms with van der Waals surface area (Å²) in [6, 6.07) is 16.8. The van der Waals surface area contributed by atoms with Crippen molar-refractivity contribution in [2.45, 2.75) is 25.9 Å². The van der Waals surface area contributed by atoms with E-state index in [9.17, 15) is 9.59 Å². The van der Waals surface area contributed by atoms with Crippen LogP contribution in [0.15, 0.2) is 54.6 Å². The first-order chi connectivity index (χ1) is 10.6. The maximum Gasteiger partial charge on any atom is 0.303 e. The lowest BCUT2D eigenvalue weighted by Crippen LogP contribution is -2.02. The number of Topliss-reactive ketones (excluding diaryl/α,β-unsaturated/α-hetero) is 1. The molecule has 0 spiro atoms. The Morgan fingerprint density at radius 2 is 1.73 bits per heavy atom. The van der Waals surface area contributed by atoms with Crippen LogP contribution >= 0.6 is 0 Å². The number of carbonyl (C=O) groups excluding carboxylic acids is 1. The van der Waals surface area contributed by atoms with E-state index < -0.39 is 5.97 Å². The number of benzene rings is 2. The van der Waals surface area contributed by atoms with Gasteiger partial charge in [-0.1, -0.05) is 42.5 Å². The molecule has 0 fully saturated rings. The predicted octanol–water partition coefficient (Wildman–Crippen LogP) is 3.70. The number of carbonyl (C=O) groups is 2. The number of aliphatic carboxylic acids is 1. The van der Waals surface area contributed by atoms with Gasteiger partial charge in [-0.25, -0.2) is 0 Å². The summed E-state index contributed by atoms with van der Waals surface area (Å²) in [5.74, 6) is -0.313. The maximum absolute atomic E-state index is 12.0. The van der Waals surface area contributed by atoms with Gasteiger partial charge in [0.1, 0.15) is 12.4 Å². The van der Waals surface area contributed by atoms with Gasteiger partial charge in [-0.15, -0.1) is 0 Å². The Morgan fingerprint density at radius 3 is 2.45 bits per heavy atom. The zero-order chi connectivity index (χ0) is 15.8. The molecule has 0 aliphatic carbocycles. The summed E-state index contributed by atoms with van der Waals surface area (Å²) in [4.78, 5) is 22.5. The van der Waals surface area contributed by atoms with Crippen LogP contribution in [-0.4, -0.2) is 16.9 Å². The predicted molar refractivity (Wildman–Crippen MR) is 83.0 cm³/mol. The van der Waals surface area contributed by atoms with Gasteiger partial charge in [-0.3, -0.25) is 9.59 Å². The van der Waals surface area contributed by atoms with Gasteiger partial charge in [0.05, 0.1) is 0 Å². The van der Waals surface area contributed by atoms with Gasteiger partial charge in [-0.2, -0.15) is 0 Å². The van der Waals surface area contributed by atoms with Gasteiger partial charge in [0, 0.05) is 18.4 Å². The average Bonchev–Trinajstić information content (AvgIpc) is 2.54. The summed E-state index contributed by atoms with van der Waals surface area (Å²) in [7, 11) is 0. The topological polar surface area (TPSA) is 63.6 Å². The second-order valence-corrected chi connectivity index (χ2v) is 4.97. The number of hydrogen-bond donors (Lipinski definition) is 1. The molecule has 114 valence electrons. The number of hydrogen-bond acceptors (Lipinski definition) is 3. The Kier molecular flexibility index (Phi) is 5.72. The van der Waals surface area contributed by atoms with E-state index in [1.165, 1.54) is 0 Å². The molecule has 0 atom stereocenters. The number of carboxylic acid groups (broad SMARTS) is 1. The molecule has 0 aliphatic rings. The van der Waals surface area contributed by atoms with Crippen LogP contribution in [0.4, 0.5) is 0 Å². The molecule has 4 nitrogen and oxygen atoms in total. The van der Waals surface area contributed by atoms with Crippen molar-refractivity contribution in [1.29, 1.82) is 0 Å². The third-order valence-electron chi connectivity index (χ3n) is 3.20. The molecule has 2 rings (SSSR count). The van der Waals surface area contributed by atoms with Crippen LogP contribution in [0, 0.1) is 0 Å². The molecule has 0 heterocycles. The van der Waals surface area contributed by atoms with Crippen molar-refractivity contribution in [2.75, 3.05) is 0 Å². The minimum absolute atomic E-state index is 0.00986. The molecule has 1 N–H and O–H groups in total. The van der Waals surface area contributed by atoms with Crippen molar-refractivity contribution >= 4 is 11.8 Å². The van der Waals surface area contributed by atoms with Crippen LogP contribution in [0.2, 0.25) is 0 Å². The van der Waals surface area contributed by atoms with Gasteiger partial charge >= 0.3 is 5.97 Å². The van der Waals surface area contributed by atoms with E-state index >= 15 is 0 Å². The standard InChI is InChI=1S/C18H18O4/c19-17(10-5-11-18(20)21)15-8-4-9-16(12-15)22-13-14-6-2-1-3-7-14/h1-4,6-9,12H,5,10-11,13H2,(H,20,21). The highest BCUT2D eigenvalue weighted by atomic mass is 16.5. The average molecular weight is 298 g/mol. The normalized spacial score (nSPS) is 10.2. The molecule has 0 saturated heterocycles. The summed E-state index contributed by atoms with van der Waals surface area (Å²) < 4.78 is 5.68. The highest BCUT2D eigenvalue weighted by Gasteiger charge is 2.08. The molecule has 0 amide bonds. The lowest BCUT2D eigenvalue weighted by Gasteiger charge is -2.08. The SMILES string of the molecule is O=C(O)CCCC(=O)c1cccc(OCc2ccccc2)c1. The number of rotatable bonds is 8. The second kappa shape index (κ2) is 7.98. The van der Waals surface area contributed by atoms with Crippen molar-refractivity contribution in [3.8, 4) is 5.75 Å². The van der Waals surface area contributed by atoms with Gasteiger partial charge in [0.25, 0.3) is 0 Å². The first-order valence-corrected chi connectivity index (χ1v) is 7.17. The van der Waals surface area contributed by atoms with Crippen LogP contribution in [0.1, 0.15) is 35.2 Å². The molecule has 22 heavy (non-hydrogen) atoms. The van der Waals surface area contributed by atoms with Crippen molar-refractivity contribution in [3.63, 3.8) is 0 Å². The van der Waals surface area contributed by atoms with Crippen molar-refractivity contribution < 1.29 is 19.4 Å². The largest absolute Gasteiger partial charge is 0.489 e. The van der Waals surface area contributed by atoms with Crippen LogP contribution < -0.4 is 4.74 Å². The highest BCUT2D eigenvalue weighted by Crippen LogP contribution is 2.17. The molecular formula is C18H18O4. The van der Waals surface area contributed by atoms with Crippen molar-refractivity contribution in [3.05, 3.63) is 65.7 Å². The molecule has 2 aromatic rings. The van der Waals surface area contributed by atoms with E-state index in [1.54, 1.807) is 24.3 Å². The highest BCUT2D eigenvalue weighted by molar-refractivity contribution is 5.96. The van der Waals surface area contributed by atoms with Gasteiger partial charge in [-0.05, 0) is 24.1 Å². The first-order valence-electron chi connectivity index (χ1n) is 7.17. The van der Waals surface area contributed by atoms with E-state index in [2.05, 4.69) is 0 Å². The van der Waals surface area contributed by atoms with E-state index in [4.69, 9.17) is 9.84 Å².